The summed E-state index contributed by atoms with van der Waals surface area (Å²) in [7, 11) is 0. The maximum Gasteiger partial charge on any atom is 0.168 e. The highest BCUT2D eigenvalue weighted by Gasteiger charge is 2.21. The van der Waals surface area contributed by atoms with Crippen LogP contribution in [0.4, 0.5) is 13.2 Å². The monoisotopic (exact) mass is 239 g/mol. The van der Waals surface area contributed by atoms with Gasteiger partial charge in [-0.05, 0) is 31.2 Å². The highest BCUT2D eigenvalue weighted by molar-refractivity contribution is 5.86. The molecule has 0 bridgehead atoms. The van der Waals surface area contributed by atoms with E-state index >= 15 is 0 Å². The summed E-state index contributed by atoms with van der Waals surface area (Å²) in [4.78, 5) is 2.91. The van der Waals surface area contributed by atoms with E-state index in [1.807, 2.05) is 0 Å². The maximum atomic E-state index is 13.8. The summed E-state index contributed by atoms with van der Waals surface area (Å²) in [6.45, 7) is 0. The minimum atomic E-state index is -1.11. The third-order valence-electron chi connectivity index (χ3n) is 3.47. The summed E-state index contributed by atoms with van der Waals surface area (Å²) < 4.78 is 40.6. The number of H-pyrrole nitrogens is 1. The lowest BCUT2D eigenvalue weighted by Gasteiger charge is -2.01. The Morgan fingerprint density at radius 3 is 2.53 bits per heavy atom. The Morgan fingerprint density at radius 2 is 1.71 bits per heavy atom. The Labute approximate surface area is 96.6 Å². The van der Waals surface area contributed by atoms with Gasteiger partial charge in [0, 0.05) is 17.1 Å². The van der Waals surface area contributed by atoms with Crippen LogP contribution >= 0.6 is 0 Å². The van der Waals surface area contributed by atoms with Gasteiger partial charge in [0.15, 0.2) is 11.6 Å². The Hall–Kier alpha value is -1.45. The van der Waals surface area contributed by atoms with Crippen molar-refractivity contribution in [2.75, 3.05) is 0 Å². The minimum absolute atomic E-state index is 0.107. The number of aryl methyl sites for hydroxylation is 2. The molecule has 0 saturated heterocycles. The maximum absolute atomic E-state index is 13.8. The highest BCUT2D eigenvalue weighted by Crippen LogP contribution is 2.32. The van der Waals surface area contributed by atoms with E-state index in [4.69, 9.17) is 0 Å². The largest absolute Gasteiger partial charge is 0.356 e. The van der Waals surface area contributed by atoms with Gasteiger partial charge in [0.25, 0.3) is 0 Å². The zero-order valence-corrected chi connectivity index (χ0v) is 9.25. The fourth-order valence-electron chi connectivity index (χ4n) is 2.65. The van der Waals surface area contributed by atoms with Gasteiger partial charge in [0.1, 0.15) is 5.82 Å². The summed E-state index contributed by atoms with van der Waals surface area (Å²) in [5.74, 6) is -2.76. The van der Waals surface area contributed by atoms with Gasteiger partial charge >= 0.3 is 0 Å². The summed E-state index contributed by atoms with van der Waals surface area (Å²) in [6, 6.07) is 0.605. The first-order chi connectivity index (χ1) is 8.18. The highest BCUT2D eigenvalue weighted by atomic mass is 19.2. The molecule has 0 fully saturated rings. The van der Waals surface area contributed by atoms with Crippen molar-refractivity contribution in [1.82, 2.24) is 4.98 Å². The fourth-order valence-corrected chi connectivity index (χ4v) is 2.65. The molecular formula is C13H12F3N. The summed E-state index contributed by atoms with van der Waals surface area (Å²) in [5.41, 5.74) is 1.73. The average Bonchev–Trinajstić information content (AvgIpc) is 2.51. The standard InChI is InChI=1S/C13H12F3N/c14-8-6-9(15)13-11(12(8)16)7-4-2-1-3-5-10(7)17-13/h6,17H,1-5H2. The van der Waals surface area contributed by atoms with E-state index in [-0.39, 0.29) is 10.9 Å². The van der Waals surface area contributed by atoms with Crippen molar-refractivity contribution < 1.29 is 13.2 Å². The van der Waals surface area contributed by atoms with E-state index in [1.165, 1.54) is 0 Å². The number of nitrogens with one attached hydrogen (secondary N) is 1. The molecule has 0 saturated carbocycles. The number of hydrogen-bond donors (Lipinski definition) is 1. The normalized spacial score (nSPS) is 15.9. The van der Waals surface area contributed by atoms with Crippen LogP contribution in [-0.2, 0) is 12.8 Å². The van der Waals surface area contributed by atoms with E-state index in [0.717, 1.165) is 36.9 Å². The molecule has 1 aromatic heterocycles. The quantitative estimate of drug-likeness (QED) is 0.531. The smallest absolute Gasteiger partial charge is 0.168 e. The Balaban J connectivity index is 2.36. The molecule has 0 aliphatic heterocycles. The molecule has 1 nitrogen and oxygen atoms in total. The van der Waals surface area contributed by atoms with Gasteiger partial charge in [-0.2, -0.15) is 0 Å². The molecule has 0 atom stereocenters. The van der Waals surface area contributed by atoms with E-state index in [0.29, 0.717) is 12.5 Å². The Bertz CT molecular complexity index is 586. The molecule has 1 aliphatic rings. The first kappa shape index (κ1) is 10.7. The van der Waals surface area contributed by atoms with Crippen molar-refractivity contribution >= 4 is 10.9 Å². The third kappa shape index (κ3) is 1.54. The third-order valence-corrected chi connectivity index (χ3v) is 3.47. The lowest BCUT2D eigenvalue weighted by atomic mass is 10.1. The molecule has 90 valence electrons. The van der Waals surface area contributed by atoms with E-state index in [2.05, 4.69) is 4.98 Å². The molecule has 3 rings (SSSR count). The van der Waals surface area contributed by atoms with Crippen molar-refractivity contribution in [3.05, 3.63) is 34.8 Å². The number of hydrogen-bond acceptors (Lipinski definition) is 0. The first-order valence-corrected chi connectivity index (χ1v) is 5.85. The van der Waals surface area contributed by atoms with Crippen LogP contribution in [0.25, 0.3) is 10.9 Å². The zero-order chi connectivity index (χ0) is 12.0. The van der Waals surface area contributed by atoms with Gasteiger partial charge in [-0.25, -0.2) is 13.2 Å². The first-order valence-electron chi connectivity index (χ1n) is 5.85. The molecule has 1 aromatic carbocycles. The lowest BCUT2D eigenvalue weighted by molar-refractivity contribution is 0.505. The topological polar surface area (TPSA) is 15.8 Å². The molecule has 2 aromatic rings. The van der Waals surface area contributed by atoms with Gasteiger partial charge in [-0.15, -0.1) is 0 Å². The van der Waals surface area contributed by atoms with Crippen LogP contribution in [0.1, 0.15) is 30.5 Å². The van der Waals surface area contributed by atoms with Crippen LogP contribution in [0.3, 0.4) is 0 Å². The molecular weight excluding hydrogens is 227 g/mol. The number of benzene rings is 1. The second-order valence-corrected chi connectivity index (χ2v) is 4.55. The molecule has 0 unspecified atom stereocenters. The number of halogens is 3. The lowest BCUT2D eigenvalue weighted by Crippen LogP contribution is -1.92. The summed E-state index contributed by atoms with van der Waals surface area (Å²) in [5, 5.41) is 0.111. The predicted octanol–water partition coefficient (Wildman–Crippen LogP) is 3.85. The van der Waals surface area contributed by atoms with Crippen LogP contribution in [0, 0.1) is 17.5 Å². The second kappa shape index (κ2) is 3.79. The van der Waals surface area contributed by atoms with E-state index in [1.54, 1.807) is 0 Å². The Morgan fingerprint density at radius 1 is 0.941 bits per heavy atom. The number of aromatic amines is 1. The SMILES string of the molecule is Fc1cc(F)c2[nH]c3c(c2c1F)CCCCC3. The zero-order valence-electron chi connectivity index (χ0n) is 9.25. The van der Waals surface area contributed by atoms with Crippen molar-refractivity contribution in [2.45, 2.75) is 32.1 Å². The van der Waals surface area contributed by atoms with Crippen molar-refractivity contribution in [3.63, 3.8) is 0 Å². The molecule has 1 N–H and O–H groups in total. The molecule has 1 heterocycles. The molecule has 4 heteroatoms. The van der Waals surface area contributed by atoms with Crippen LogP contribution < -0.4 is 0 Å². The average molecular weight is 239 g/mol. The van der Waals surface area contributed by atoms with Gasteiger partial charge in [0.2, 0.25) is 0 Å². The van der Waals surface area contributed by atoms with Crippen LogP contribution in [0.15, 0.2) is 6.07 Å². The summed E-state index contributed by atoms with van der Waals surface area (Å²) >= 11 is 0. The number of fused-ring (bicyclic) bond motifs is 3. The minimum Gasteiger partial charge on any atom is -0.356 e. The van der Waals surface area contributed by atoms with Gasteiger partial charge in [-0.3, -0.25) is 0 Å². The molecule has 0 spiro atoms. The van der Waals surface area contributed by atoms with Gasteiger partial charge in [0.05, 0.1) is 5.52 Å². The Kier molecular flexibility index (Phi) is 2.38. The van der Waals surface area contributed by atoms with Gasteiger partial charge in [-0.1, -0.05) is 6.42 Å². The molecule has 0 radical (unpaired) electrons. The van der Waals surface area contributed by atoms with E-state index < -0.39 is 17.5 Å². The predicted molar refractivity (Wildman–Crippen MR) is 59.4 cm³/mol. The van der Waals surface area contributed by atoms with Crippen molar-refractivity contribution in [1.29, 1.82) is 0 Å². The number of aromatic nitrogens is 1. The second-order valence-electron chi connectivity index (χ2n) is 4.55. The summed E-state index contributed by atoms with van der Waals surface area (Å²) in [6.07, 6.45) is 4.49. The fraction of sp³-hybridized carbons (Fsp3) is 0.385. The molecule has 17 heavy (non-hydrogen) atoms. The molecule has 1 aliphatic carbocycles. The van der Waals surface area contributed by atoms with Gasteiger partial charge < -0.3 is 4.98 Å². The van der Waals surface area contributed by atoms with E-state index in [9.17, 15) is 13.2 Å². The van der Waals surface area contributed by atoms with Crippen molar-refractivity contribution in [2.24, 2.45) is 0 Å². The van der Waals surface area contributed by atoms with Crippen LogP contribution in [0.5, 0.6) is 0 Å². The van der Waals surface area contributed by atoms with Crippen LogP contribution in [0.2, 0.25) is 0 Å². The molecule has 0 amide bonds. The van der Waals surface area contributed by atoms with Crippen molar-refractivity contribution in [3.8, 4) is 0 Å². The van der Waals surface area contributed by atoms with Crippen LogP contribution in [-0.4, -0.2) is 4.98 Å². The number of rotatable bonds is 0.